The van der Waals surface area contributed by atoms with E-state index < -0.39 is 0 Å². The third-order valence-corrected chi connectivity index (χ3v) is 4.23. The molecule has 0 bridgehead atoms. The molecule has 2 saturated heterocycles. The van der Waals surface area contributed by atoms with Gasteiger partial charge >= 0.3 is 0 Å². The Labute approximate surface area is 124 Å². The quantitative estimate of drug-likeness (QED) is 0.782. The molecule has 0 aliphatic carbocycles. The van der Waals surface area contributed by atoms with Crippen molar-refractivity contribution in [1.82, 2.24) is 4.90 Å². The first-order valence-corrected chi connectivity index (χ1v) is 7.39. The number of fused-ring (bicyclic) bond motifs is 1. The molecule has 1 aromatic carbocycles. The van der Waals surface area contributed by atoms with E-state index in [1.54, 1.807) is 18.2 Å². The first-order chi connectivity index (χ1) is 10.3. The Bertz CT molecular complexity index is 603. The van der Waals surface area contributed by atoms with E-state index in [0.717, 1.165) is 38.0 Å². The zero-order chi connectivity index (χ0) is 14.7. The molecule has 2 aliphatic heterocycles. The van der Waals surface area contributed by atoms with E-state index in [1.165, 1.54) is 0 Å². The van der Waals surface area contributed by atoms with Gasteiger partial charge in [-0.1, -0.05) is 18.2 Å². The van der Waals surface area contributed by atoms with Crippen molar-refractivity contribution in [3.05, 3.63) is 41.5 Å². The highest BCUT2D eigenvalue weighted by Gasteiger charge is 2.37. The van der Waals surface area contributed by atoms with Crippen LogP contribution in [-0.2, 0) is 9.53 Å². The van der Waals surface area contributed by atoms with Gasteiger partial charge in [0.2, 0.25) is 5.91 Å². The van der Waals surface area contributed by atoms with Gasteiger partial charge in [0, 0.05) is 19.2 Å². The van der Waals surface area contributed by atoms with Crippen molar-refractivity contribution in [2.24, 2.45) is 0 Å². The van der Waals surface area contributed by atoms with E-state index in [2.05, 4.69) is 6.07 Å². The van der Waals surface area contributed by atoms with E-state index in [-0.39, 0.29) is 18.1 Å². The fourth-order valence-electron chi connectivity index (χ4n) is 3.17. The monoisotopic (exact) mass is 282 g/mol. The molecule has 2 atom stereocenters. The Hall–Kier alpha value is -2.12. The van der Waals surface area contributed by atoms with Gasteiger partial charge in [-0.05, 0) is 37.0 Å². The van der Waals surface area contributed by atoms with Gasteiger partial charge in [0.1, 0.15) is 0 Å². The standard InChI is InChI=1S/C17H18N2O2/c18-12-14-5-2-1-4-13(14)7-8-17(20)19-10-3-6-16-15(19)9-11-21-16/h1-2,4-5,7-8,15-16H,3,6,9-11H2/b8-7+/t15-,16-/m1/s1. The van der Waals surface area contributed by atoms with E-state index in [0.29, 0.717) is 5.56 Å². The zero-order valence-corrected chi connectivity index (χ0v) is 11.9. The SMILES string of the molecule is N#Cc1ccccc1/C=C/C(=O)N1CCC[C@H]2OCC[C@H]21. The van der Waals surface area contributed by atoms with Crippen LogP contribution in [0.5, 0.6) is 0 Å². The first-order valence-electron chi connectivity index (χ1n) is 7.39. The normalized spacial score (nSPS) is 24.8. The second kappa shape index (κ2) is 6.11. The lowest BCUT2D eigenvalue weighted by molar-refractivity contribution is -0.131. The summed E-state index contributed by atoms with van der Waals surface area (Å²) in [4.78, 5) is 14.3. The molecule has 2 aliphatic rings. The first kappa shape index (κ1) is 13.8. The number of benzene rings is 1. The van der Waals surface area contributed by atoms with Gasteiger partial charge < -0.3 is 9.64 Å². The molecule has 0 saturated carbocycles. The number of piperidine rings is 1. The minimum absolute atomic E-state index is 0.0166. The summed E-state index contributed by atoms with van der Waals surface area (Å²) in [6.07, 6.45) is 6.50. The van der Waals surface area contributed by atoms with Crippen LogP contribution in [0.3, 0.4) is 0 Å². The van der Waals surface area contributed by atoms with Crippen molar-refractivity contribution >= 4 is 12.0 Å². The second-order valence-corrected chi connectivity index (χ2v) is 5.47. The number of nitriles is 1. The summed E-state index contributed by atoms with van der Waals surface area (Å²) in [6.45, 7) is 1.55. The molecule has 108 valence electrons. The third-order valence-electron chi connectivity index (χ3n) is 4.23. The molecule has 2 heterocycles. The number of rotatable bonds is 2. The molecular weight excluding hydrogens is 264 g/mol. The molecule has 21 heavy (non-hydrogen) atoms. The smallest absolute Gasteiger partial charge is 0.246 e. The van der Waals surface area contributed by atoms with Gasteiger partial charge in [-0.25, -0.2) is 0 Å². The predicted octanol–water partition coefficient (Wildman–Crippen LogP) is 2.35. The van der Waals surface area contributed by atoms with Crippen molar-refractivity contribution in [2.75, 3.05) is 13.2 Å². The van der Waals surface area contributed by atoms with E-state index in [1.807, 2.05) is 23.1 Å². The van der Waals surface area contributed by atoms with Gasteiger partial charge in [0.15, 0.2) is 0 Å². The van der Waals surface area contributed by atoms with Crippen LogP contribution < -0.4 is 0 Å². The molecule has 0 radical (unpaired) electrons. The van der Waals surface area contributed by atoms with Crippen LogP contribution in [0.25, 0.3) is 6.08 Å². The van der Waals surface area contributed by atoms with Crippen LogP contribution in [0.1, 0.15) is 30.4 Å². The topological polar surface area (TPSA) is 53.3 Å². The number of carbonyl (C=O) groups is 1. The van der Waals surface area contributed by atoms with Gasteiger partial charge in [-0.2, -0.15) is 5.26 Å². The van der Waals surface area contributed by atoms with Crippen LogP contribution in [0.4, 0.5) is 0 Å². The molecule has 0 aromatic heterocycles. The van der Waals surface area contributed by atoms with Crippen molar-refractivity contribution < 1.29 is 9.53 Å². The summed E-state index contributed by atoms with van der Waals surface area (Å²) in [7, 11) is 0. The number of hydrogen-bond donors (Lipinski definition) is 0. The highest BCUT2D eigenvalue weighted by molar-refractivity contribution is 5.92. The minimum atomic E-state index is 0.0166. The van der Waals surface area contributed by atoms with Crippen LogP contribution in [0, 0.1) is 11.3 Å². The summed E-state index contributed by atoms with van der Waals surface area (Å²) in [5.41, 5.74) is 1.37. The van der Waals surface area contributed by atoms with Crippen molar-refractivity contribution in [2.45, 2.75) is 31.4 Å². The molecule has 4 heteroatoms. The van der Waals surface area contributed by atoms with Crippen molar-refractivity contribution in [3.8, 4) is 6.07 Å². The molecule has 0 unspecified atom stereocenters. The Kier molecular flexibility index (Phi) is 4.03. The molecule has 4 nitrogen and oxygen atoms in total. The summed E-state index contributed by atoms with van der Waals surface area (Å²) in [5, 5.41) is 9.06. The number of hydrogen-bond acceptors (Lipinski definition) is 3. The Balaban J connectivity index is 1.74. The van der Waals surface area contributed by atoms with Crippen LogP contribution in [0.2, 0.25) is 0 Å². The van der Waals surface area contributed by atoms with Crippen molar-refractivity contribution in [3.63, 3.8) is 0 Å². The molecule has 0 N–H and O–H groups in total. The predicted molar refractivity (Wildman–Crippen MR) is 79.3 cm³/mol. The van der Waals surface area contributed by atoms with Gasteiger partial charge in [-0.3, -0.25) is 4.79 Å². The average molecular weight is 282 g/mol. The van der Waals surface area contributed by atoms with Gasteiger partial charge in [-0.15, -0.1) is 0 Å². The number of ether oxygens (including phenoxy) is 1. The van der Waals surface area contributed by atoms with Crippen LogP contribution >= 0.6 is 0 Å². The Morgan fingerprint density at radius 1 is 1.38 bits per heavy atom. The van der Waals surface area contributed by atoms with E-state index in [9.17, 15) is 4.79 Å². The van der Waals surface area contributed by atoms with Crippen molar-refractivity contribution in [1.29, 1.82) is 5.26 Å². The number of likely N-dealkylation sites (tertiary alicyclic amines) is 1. The molecule has 1 aromatic rings. The fourth-order valence-corrected chi connectivity index (χ4v) is 3.17. The van der Waals surface area contributed by atoms with Crippen LogP contribution in [0.15, 0.2) is 30.3 Å². The minimum Gasteiger partial charge on any atom is -0.376 e. The third kappa shape index (κ3) is 2.84. The summed E-state index contributed by atoms with van der Waals surface area (Å²) in [6, 6.07) is 9.66. The van der Waals surface area contributed by atoms with Gasteiger partial charge in [0.25, 0.3) is 0 Å². The fraction of sp³-hybridized carbons (Fsp3) is 0.412. The van der Waals surface area contributed by atoms with Gasteiger partial charge in [0.05, 0.1) is 23.8 Å². The lowest BCUT2D eigenvalue weighted by Crippen LogP contribution is -2.48. The van der Waals surface area contributed by atoms with Crippen LogP contribution in [-0.4, -0.2) is 36.1 Å². The lowest BCUT2D eigenvalue weighted by atomic mass is 9.98. The largest absolute Gasteiger partial charge is 0.376 e. The van der Waals surface area contributed by atoms with E-state index in [4.69, 9.17) is 10.00 Å². The highest BCUT2D eigenvalue weighted by Crippen LogP contribution is 2.28. The summed E-state index contributed by atoms with van der Waals surface area (Å²) in [5.74, 6) is 0.0166. The molecule has 1 amide bonds. The molecule has 0 spiro atoms. The zero-order valence-electron chi connectivity index (χ0n) is 11.9. The molecule has 3 rings (SSSR count). The average Bonchev–Trinajstić information content (AvgIpc) is 3.01. The number of amides is 1. The lowest BCUT2D eigenvalue weighted by Gasteiger charge is -2.35. The Morgan fingerprint density at radius 3 is 3.10 bits per heavy atom. The summed E-state index contributed by atoms with van der Waals surface area (Å²) >= 11 is 0. The Morgan fingerprint density at radius 2 is 2.24 bits per heavy atom. The second-order valence-electron chi connectivity index (χ2n) is 5.47. The maximum Gasteiger partial charge on any atom is 0.246 e. The number of carbonyl (C=O) groups excluding carboxylic acids is 1. The maximum absolute atomic E-state index is 12.4. The van der Waals surface area contributed by atoms with E-state index >= 15 is 0 Å². The molecular formula is C17H18N2O2. The molecule has 2 fully saturated rings. The highest BCUT2D eigenvalue weighted by atomic mass is 16.5. The summed E-state index contributed by atoms with van der Waals surface area (Å²) < 4.78 is 5.68. The maximum atomic E-state index is 12.4. The number of nitrogens with zero attached hydrogens (tertiary/aromatic N) is 2.